The molecule has 170 valence electrons. The first-order chi connectivity index (χ1) is 16.3. The lowest BCUT2D eigenvalue weighted by molar-refractivity contribution is -0.115. The molecule has 1 amide bonds. The van der Waals surface area contributed by atoms with E-state index in [1.807, 2.05) is 30.3 Å². The average Bonchev–Trinajstić information content (AvgIpc) is 3.19. The summed E-state index contributed by atoms with van der Waals surface area (Å²) < 4.78 is 28.9. The van der Waals surface area contributed by atoms with Gasteiger partial charge in [0.1, 0.15) is 17.1 Å². The highest BCUT2D eigenvalue weighted by Crippen LogP contribution is 2.51. The molecule has 2 aliphatic heterocycles. The summed E-state index contributed by atoms with van der Waals surface area (Å²) in [5.41, 5.74) is 0.505. The van der Waals surface area contributed by atoms with Crippen LogP contribution in [0, 0.1) is 0 Å². The quantitative estimate of drug-likeness (QED) is 0.348. The monoisotopic (exact) mass is 476 g/mol. The third kappa shape index (κ3) is 2.74. The second-order valence-electron chi connectivity index (χ2n) is 7.97. The van der Waals surface area contributed by atoms with Gasteiger partial charge in [0.2, 0.25) is 10.0 Å². The summed E-state index contributed by atoms with van der Waals surface area (Å²) >= 11 is 0. The van der Waals surface area contributed by atoms with Crippen LogP contribution in [0.5, 0.6) is 5.75 Å². The van der Waals surface area contributed by atoms with Crippen molar-refractivity contribution in [2.45, 2.75) is 10.8 Å². The summed E-state index contributed by atoms with van der Waals surface area (Å²) in [5.74, 6) is -1.59. The number of hydrogen-bond donors (Lipinski definition) is 4. The number of ether oxygens (including phenoxy) is 1. The van der Waals surface area contributed by atoms with Crippen LogP contribution >= 0.6 is 0 Å². The zero-order valence-corrected chi connectivity index (χ0v) is 18.1. The van der Waals surface area contributed by atoms with Crippen LogP contribution in [0.2, 0.25) is 0 Å². The predicted molar refractivity (Wildman–Crippen MR) is 122 cm³/mol. The summed E-state index contributed by atoms with van der Waals surface area (Å²) in [7, 11) is -3.94. The molecule has 11 heteroatoms. The van der Waals surface area contributed by atoms with E-state index < -0.39 is 33.4 Å². The molecule has 2 aliphatic rings. The summed E-state index contributed by atoms with van der Waals surface area (Å²) in [6.45, 7) is 0. The molecule has 0 aliphatic carbocycles. The first kappa shape index (κ1) is 20.3. The zero-order valence-electron chi connectivity index (χ0n) is 17.3. The number of benzene rings is 3. The van der Waals surface area contributed by atoms with Crippen molar-refractivity contribution in [3.63, 3.8) is 0 Å². The fourth-order valence-electron chi connectivity index (χ4n) is 4.65. The SMILES string of the molecule is NS(=O)(=O)c1ccc(N2C(=O)C3=C(O)Oc4ccc5ccccc5c4C3c3c2[nH][nH]c3=O)cc1. The molecule has 4 aromatic rings. The lowest BCUT2D eigenvalue weighted by Gasteiger charge is -2.36. The van der Waals surface area contributed by atoms with Crippen LogP contribution in [0.25, 0.3) is 10.8 Å². The number of carbonyl (C=O) groups excluding carboxylic acids is 1. The van der Waals surface area contributed by atoms with Gasteiger partial charge < -0.3 is 9.84 Å². The van der Waals surface area contributed by atoms with Crippen molar-refractivity contribution in [3.05, 3.63) is 93.7 Å². The minimum Gasteiger partial charge on any atom is -0.480 e. The van der Waals surface area contributed by atoms with Gasteiger partial charge in [0.25, 0.3) is 17.4 Å². The predicted octanol–water partition coefficient (Wildman–Crippen LogP) is 2.48. The van der Waals surface area contributed by atoms with Gasteiger partial charge in [-0.2, -0.15) is 0 Å². The maximum atomic E-state index is 13.7. The number of hydrogen-bond acceptors (Lipinski definition) is 6. The second kappa shape index (κ2) is 6.83. The molecular weight excluding hydrogens is 460 g/mol. The van der Waals surface area contributed by atoms with Gasteiger partial charge in [-0.3, -0.25) is 24.7 Å². The molecule has 0 saturated heterocycles. The first-order valence-electron chi connectivity index (χ1n) is 10.2. The van der Waals surface area contributed by atoms with Crippen LogP contribution in [0.15, 0.2) is 81.9 Å². The van der Waals surface area contributed by atoms with Crippen LogP contribution in [-0.4, -0.2) is 29.6 Å². The van der Waals surface area contributed by atoms with E-state index in [1.165, 1.54) is 29.2 Å². The number of primary sulfonamides is 1. The minimum atomic E-state index is -3.94. The van der Waals surface area contributed by atoms with E-state index >= 15 is 0 Å². The number of aromatic amines is 2. The van der Waals surface area contributed by atoms with E-state index in [0.717, 1.165) is 10.8 Å². The van der Waals surface area contributed by atoms with Crippen molar-refractivity contribution in [2.24, 2.45) is 5.14 Å². The Morgan fingerprint density at radius 2 is 1.68 bits per heavy atom. The Labute approximate surface area is 191 Å². The van der Waals surface area contributed by atoms with E-state index in [1.54, 1.807) is 6.07 Å². The molecule has 3 aromatic carbocycles. The van der Waals surface area contributed by atoms with E-state index in [0.29, 0.717) is 11.3 Å². The number of H-pyrrole nitrogens is 2. The Bertz CT molecular complexity index is 1720. The smallest absolute Gasteiger partial charge is 0.292 e. The van der Waals surface area contributed by atoms with E-state index in [-0.39, 0.29) is 27.5 Å². The number of nitrogens with one attached hydrogen (secondary N) is 2. The normalized spacial score (nSPS) is 17.3. The number of aliphatic hydroxyl groups excluding tert-OH is 1. The number of fused-ring (bicyclic) bond motifs is 7. The molecule has 0 radical (unpaired) electrons. The van der Waals surface area contributed by atoms with Gasteiger partial charge in [0.05, 0.1) is 22.1 Å². The second-order valence-corrected chi connectivity index (χ2v) is 9.53. The maximum absolute atomic E-state index is 13.7. The number of nitrogens with two attached hydrogens (primary N) is 1. The van der Waals surface area contributed by atoms with E-state index in [4.69, 9.17) is 9.88 Å². The molecule has 5 N–H and O–H groups in total. The molecule has 0 spiro atoms. The standard InChI is InChI=1S/C23H16N4O6S/c24-34(31,32)13-8-6-12(7-9-13)27-20-18(21(28)26-25-20)17-16-14-4-2-1-3-11(14)5-10-15(16)33-23(30)19(17)22(27)29/h1-10,17,30H,(H2,24,31,32)(H2,25,26,28). The van der Waals surface area contributed by atoms with Crippen molar-refractivity contribution in [3.8, 4) is 5.75 Å². The lowest BCUT2D eigenvalue weighted by Crippen LogP contribution is -2.39. The van der Waals surface area contributed by atoms with Gasteiger partial charge in [-0.1, -0.05) is 30.3 Å². The fraction of sp³-hybridized carbons (Fsp3) is 0.0435. The van der Waals surface area contributed by atoms with Gasteiger partial charge in [-0.15, -0.1) is 0 Å². The van der Waals surface area contributed by atoms with Crippen LogP contribution in [0.3, 0.4) is 0 Å². The molecule has 1 atom stereocenters. The van der Waals surface area contributed by atoms with Crippen LogP contribution in [-0.2, 0) is 14.8 Å². The van der Waals surface area contributed by atoms with Crippen molar-refractivity contribution in [1.29, 1.82) is 0 Å². The zero-order chi connectivity index (χ0) is 23.8. The Morgan fingerprint density at radius 3 is 2.41 bits per heavy atom. The van der Waals surface area contributed by atoms with Crippen molar-refractivity contribution < 1.29 is 23.1 Å². The molecule has 3 heterocycles. The van der Waals surface area contributed by atoms with Crippen LogP contribution < -0.4 is 20.3 Å². The highest BCUT2D eigenvalue weighted by molar-refractivity contribution is 7.89. The first-order valence-corrected chi connectivity index (χ1v) is 11.7. The molecular formula is C23H16N4O6S. The van der Waals surface area contributed by atoms with E-state index in [2.05, 4.69) is 10.2 Å². The number of nitrogens with zero attached hydrogens (tertiary/aromatic N) is 1. The number of aromatic nitrogens is 2. The number of amides is 1. The van der Waals surface area contributed by atoms with Crippen LogP contribution in [0.4, 0.5) is 11.5 Å². The summed E-state index contributed by atoms with van der Waals surface area (Å²) in [4.78, 5) is 27.7. The van der Waals surface area contributed by atoms with Gasteiger partial charge in [-0.05, 0) is 41.1 Å². The lowest BCUT2D eigenvalue weighted by atomic mass is 9.79. The van der Waals surface area contributed by atoms with Crippen molar-refractivity contribution in [2.75, 3.05) is 4.90 Å². The minimum absolute atomic E-state index is 0.100. The highest BCUT2D eigenvalue weighted by Gasteiger charge is 2.47. The number of aliphatic hydroxyl groups is 1. The molecule has 10 nitrogen and oxygen atoms in total. The van der Waals surface area contributed by atoms with Gasteiger partial charge in [-0.25, -0.2) is 13.6 Å². The van der Waals surface area contributed by atoms with Crippen molar-refractivity contribution >= 4 is 38.2 Å². The molecule has 34 heavy (non-hydrogen) atoms. The summed E-state index contributed by atoms with van der Waals surface area (Å²) in [5, 5.41) is 22.9. The molecule has 6 rings (SSSR count). The number of sulfonamides is 1. The van der Waals surface area contributed by atoms with Crippen LogP contribution in [0.1, 0.15) is 17.0 Å². The molecule has 0 fully saturated rings. The largest absolute Gasteiger partial charge is 0.480 e. The Hall–Kier alpha value is -4.35. The number of rotatable bonds is 2. The van der Waals surface area contributed by atoms with Gasteiger partial charge in [0, 0.05) is 5.56 Å². The van der Waals surface area contributed by atoms with Gasteiger partial charge >= 0.3 is 0 Å². The number of anilines is 2. The summed E-state index contributed by atoms with van der Waals surface area (Å²) in [6.07, 6.45) is 0. The third-order valence-corrected chi connectivity index (χ3v) is 7.04. The average molecular weight is 476 g/mol. The third-order valence-electron chi connectivity index (χ3n) is 6.11. The van der Waals surface area contributed by atoms with Crippen molar-refractivity contribution in [1.82, 2.24) is 10.2 Å². The summed E-state index contributed by atoms with van der Waals surface area (Å²) in [6, 6.07) is 16.3. The molecule has 1 unspecified atom stereocenters. The Kier molecular flexibility index (Phi) is 4.07. The van der Waals surface area contributed by atoms with E-state index in [9.17, 15) is 23.1 Å². The maximum Gasteiger partial charge on any atom is 0.292 e. The van der Waals surface area contributed by atoms with Gasteiger partial charge in [0.15, 0.2) is 0 Å². The Balaban J connectivity index is 1.62. The molecule has 0 bridgehead atoms. The topological polar surface area (TPSA) is 159 Å². The molecule has 1 aromatic heterocycles. The number of carbonyl (C=O) groups is 1. The fourth-order valence-corrected chi connectivity index (χ4v) is 5.16. The Morgan fingerprint density at radius 1 is 0.941 bits per heavy atom. The highest BCUT2D eigenvalue weighted by atomic mass is 32.2. The molecule has 0 saturated carbocycles.